The lowest BCUT2D eigenvalue weighted by Crippen LogP contribution is -2.29. The summed E-state index contributed by atoms with van der Waals surface area (Å²) in [5.41, 5.74) is 13.0. The van der Waals surface area contributed by atoms with E-state index in [9.17, 15) is 0 Å². The SMILES string of the molecule is C=C(C)C(=C)c1cc(-c2cncc(N3CCCCC3)c2)ccc1N. The van der Waals surface area contributed by atoms with Crippen molar-refractivity contribution in [2.75, 3.05) is 23.7 Å². The lowest BCUT2D eigenvalue weighted by molar-refractivity contribution is 0.577. The van der Waals surface area contributed by atoms with Gasteiger partial charge in [0.2, 0.25) is 0 Å². The van der Waals surface area contributed by atoms with E-state index in [1.54, 1.807) is 0 Å². The van der Waals surface area contributed by atoms with E-state index in [0.29, 0.717) is 0 Å². The summed E-state index contributed by atoms with van der Waals surface area (Å²) < 4.78 is 0. The molecule has 1 aromatic heterocycles. The molecule has 2 N–H and O–H groups in total. The lowest BCUT2D eigenvalue weighted by Gasteiger charge is -2.28. The van der Waals surface area contributed by atoms with Gasteiger partial charge in [-0.3, -0.25) is 4.98 Å². The number of anilines is 2. The van der Waals surface area contributed by atoms with Gasteiger partial charge in [0.15, 0.2) is 0 Å². The van der Waals surface area contributed by atoms with Gasteiger partial charge in [0, 0.05) is 36.1 Å². The molecule has 3 heteroatoms. The zero-order chi connectivity index (χ0) is 17.1. The summed E-state index contributed by atoms with van der Waals surface area (Å²) in [4.78, 5) is 6.88. The van der Waals surface area contributed by atoms with Gasteiger partial charge in [-0.05, 0) is 55.5 Å². The van der Waals surface area contributed by atoms with Crippen LogP contribution < -0.4 is 10.6 Å². The maximum absolute atomic E-state index is 6.13. The second kappa shape index (κ2) is 6.91. The van der Waals surface area contributed by atoms with Crippen LogP contribution in [0.1, 0.15) is 31.7 Å². The molecule has 0 spiro atoms. The summed E-state index contributed by atoms with van der Waals surface area (Å²) in [6.07, 6.45) is 7.71. The molecule has 1 fully saturated rings. The molecule has 1 aromatic carbocycles. The molecule has 1 aliphatic heterocycles. The number of nitrogen functional groups attached to an aromatic ring is 1. The van der Waals surface area contributed by atoms with Gasteiger partial charge in [0.25, 0.3) is 0 Å². The predicted octanol–water partition coefficient (Wildman–Crippen LogP) is 4.91. The molecule has 2 heterocycles. The second-order valence-electron chi connectivity index (χ2n) is 6.54. The van der Waals surface area contributed by atoms with Crippen molar-refractivity contribution in [3.63, 3.8) is 0 Å². The van der Waals surface area contributed by atoms with Gasteiger partial charge >= 0.3 is 0 Å². The molecule has 124 valence electrons. The van der Waals surface area contributed by atoms with E-state index in [0.717, 1.165) is 46.6 Å². The van der Waals surface area contributed by atoms with Crippen LogP contribution in [-0.4, -0.2) is 18.1 Å². The Hall–Kier alpha value is -2.55. The standard InChI is InChI=1S/C21H25N3/c1-15(2)16(3)20-12-17(7-8-21(20)22)18-11-19(14-23-13-18)24-9-5-4-6-10-24/h7-8,11-14H,1,3-6,9-10,22H2,2H3. The molecule has 0 atom stereocenters. The minimum Gasteiger partial charge on any atom is -0.398 e. The highest BCUT2D eigenvalue weighted by atomic mass is 15.1. The molecule has 0 bridgehead atoms. The number of hydrogen-bond donors (Lipinski definition) is 1. The highest BCUT2D eigenvalue weighted by Gasteiger charge is 2.13. The van der Waals surface area contributed by atoms with E-state index >= 15 is 0 Å². The van der Waals surface area contributed by atoms with Crippen molar-refractivity contribution in [3.05, 3.63) is 61.0 Å². The molecule has 24 heavy (non-hydrogen) atoms. The van der Waals surface area contributed by atoms with Crippen molar-refractivity contribution in [1.82, 2.24) is 4.98 Å². The first-order valence-electron chi connectivity index (χ1n) is 8.51. The molecule has 1 saturated heterocycles. The molecular weight excluding hydrogens is 294 g/mol. The quantitative estimate of drug-likeness (QED) is 0.643. The number of nitrogens with two attached hydrogens (primary N) is 1. The number of nitrogens with zero attached hydrogens (tertiary/aromatic N) is 2. The molecule has 3 rings (SSSR count). The van der Waals surface area contributed by atoms with Crippen LogP contribution in [0.4, 0.5) is 11.4 Å². The Kier molecular flexibility index (Phi) is 4.70. The fourth-order valence-corrected chi connectivity index (χ4v) is 3.14. The minimum absolute atomic E-state index is 0.729. The Morgan fingerprint density at radius 3 is 2.50 bits per heavy atom. The molecule has 0 saturated carbocycles. The largest absolute Gasteiger partial charge is 0.398 e. The van der Waals surface area contributed by atoms with Gasteiger partial charge in [0.1, 0.15) is 0 Å². The van der Waals surface area contributed by atoms with Gasteiger partial charge in [0.05, 0.1) is 11.9 Å². The first-order chi connectivity index (χ1) is 11.6. The van der Waals surface area contributed by atoms with E-state index < -0.39 is 0 Å². The Bertz CT molecular complexity index is 770. The molecular formula is C21H25N3. The van der Waals surface area contributed by atoms with Crippen molar-refractivity contribution >= 4 is 16.9 Å². The number of hydrogen-bond acceptors (Lipinski definition) is 3. The Morgan fingerprint density at radius 1 is 1.04 bits per heavy atom. The third kappa shape index (κ3) is 3.35. The lowest BCUT2D eigenvalue weighted by atomic mass is 9.96. The van der Waals surface area contributed by atoms with E-state index in [2.05, 4.69) is 35.2 Å². The zero-order valence-corrected chi connectivity index (χ0v) is 14.4. The van der Waals surface area contributed by atoms with Crippen LogP contribution in [-0.2, 0) is 0 Å². The summed E-state index contributed by atoms with van der Waals surface area (Å²) >= 11 is 0. The van der Waals surface area contributed by atoms with Crippen LogP contribution in [0.2, 0.25) is 0 Å². The van der Waals surface area contributed by atoms with Crippen molar-refractivity contribution in [3.8, 4) is 11.1 Å². The molecule has 1 aliphatic rings. The van der Waals surface area contributed by atoms with Crippen molar-refractivity contribution in [2.45, 2.75) is 26.2 Å². The first kappa shape index (κ1) is 16.3. The summed E-state index contributed by atoms with van der Waals surface area (Å²) in [5, 5.41) is 0. The molecule has 0 aliphatic carbocycles. The van der Waals surface area contributed by atoms with Crippen LogP contribution >= 0.6 is 0 Å². The average molecular weight is 319 g/mol. The number of piperidine rings is 1. The summed E-state index contributed by atoms with van der Waals surface area (Å²) in [6, 6.07) is 8.29. The Labute approximate surface area is 144 Å². The van der Waals surface area contributed by atoms with Crippen molar-refractivity contribution in [1.29, 1.82) is 0 Å². The number of rotatable bonds is 4. The van der Waals surface area contributed by atoms with Crippen LogP contribution in [0.5, 0.6) is 0 Å². The zero-order valence-electron chi connectivity index (χ0n) is 14.4. The number of allylic oxidation sites excluding steroid dienone is 2. The van der Waals surface area contributed by atoms with E-state index in [1.165, 1.54) is 24.9 Å². The molecule has 0 unspecified atom stereocenters. The Balaban J connectivity index is 1.95. The molecule has 0 radical (unpaired) electrons. The normalized spacial score (nSPS) is 14.5. The predicted molar refractivity (Wildman–Crippen MR) is 104 cm³/mol. The summed E-state index contributed by atoms with van der Waals surface area (Å²) in [6.45, 7) is 12.3. The maximum Gasteiger partial charge on any atom is 0.0558 e. The van der Waals surface area contributed by atoms with Gasteiger partial charge < -0.3 is 10.6 Å². The van der Waals surface area contributed by atoms with E-state index in [1.807, 2.05) is 31.5 Å². The number of aromatic nitrogens is 1. The van der Waals surface area contributed by atoms with Gasteiger partial charge in [-0.1, -0.05) is 24.8 Å². The van der Waals surface area contributed by atoms with Crippen LogP contribution in [0.3, 0.4) is 0 Å². The van der Waals surface area contributed by atoms with E-state index in [-0.39, 0.29) is 0 Å². The average Bonchev–Trinajstić information content (AvgIpc) is 2.62. The molecule has 0 amide bonds. The first-order valence-corrected chi connectivity index (χ1v) is 8.51. The van der Waals surface area contributed by atoms with Gasteiger partial charge in [-0.25, -0.2) is 0 Å². The van der Waals surface area contributed by atoms with Gasteiger partial charge in [-0.2, -0.15) is 0 Å². The topological polar surface area (TPSA) is 42.2 Å². The highest BCUT2D eigenvalue weighted by molar-refractivity contribution is 5.85. The maximum atomic E-state index is 6.13. The summed E-state index contributed by atoms with van der Waals surface area (Å²) in [7, 11) is 0. The third-order valence-corrected chi connectivity index (χ3v) is 4.67. The van der Waals surface area contributed by atoms with Crippen molar-refractivity contribution < 1.29 is 0 Å². The number of benzene rings is 1. The highest BCUT2D eigenvalue weighted by Crippen LogP contribution is 2.31. The van der Waals surface area contributed by atoms with Crippen LogP contribution in [0.25, 0.3) is 16.7 Å². The second-order valence-corrected chi connectivity index (χ2v) is 6.54. The Morgan fingerprint density at radius 2 is 1.79 bits per heavy atom. The monoisotopic (exact) mass is 319 g/mol. The molecule has 2 aromatic rings. The van der Waals surface area contributed by atoms with Crippen LogP contribution in [0, 0.1) is 0 Å². The fraction of sp³-hybridized carbons (Fsp3) is 0.286. The van der Waals surface area contributed by atoms with Crippen molar-refractivity contribution in [2.24, 2.45) is 0 Å². The minimum atomic E-state index is 0.729. The third-order valence-electron chi connectivity index (χ3n) is 4.67. The smallest absolute Gasteiger partial charge is 0.0558 e. The fourth-order valence-electron chi connectivity index (χ4n) is 3.14. The van der Waals surface area contributed by atoms with E-state index in [4.69, 9.17) is 5.73 Å². The summed E-state index contributed by atoms with van der Waals surface area (Å²) in [5.74, 6) is 0. The molecule has 3 nitrogen and oxygen atoms in total. The van der Waals surface area contributed by atoms with Crippen LogP contribution in [0.15, 0.2) is 55.4 Å². The van der Waals surface area contributed by atoms with Gasteiger partial charge in [-0.15, -0.1) is 0 Å². The number of pyridine rings is 1.